The fourth-order valence-corrected chi connectivity index (χ4v) is 1.85. The van der Waals surface area contributed by atoms with E-state index in [1.54, 1.807) is 0 Å². The van der Waals surface area contributed by atoms with E-state index < -0.39 is 0 Å². The van der Waals surface area contributed by atoms with Gasteiger partial charge in [-0.15, -0.1) is 0 Å². The maximum atomic E-state index is 11.4. The summed E-state index contributed by atoms with van der Waals surface area (Å²) in [4.78, 5) is 23.8. The molecule has 1 aliphatic heterocycles. The van der Waals surface area contributed by atoms with Crippen molar-refractivity contribution in [2.45, 2.75) is 39.2 Å². The lowest BCUT2D eigenvalue weighted by atomic mass is 10.1. The maximum absolute atomic E-state index is 11.4. The van der Waals surface area contributed by atoms with E-state index in [-0.39, 0.29) is 11.8 Å². The first-order valence-electron chi connectivity index (χ1n) is 4.93. The van der Waals surface area contributed by atoms with Gasteiger partial charge in [-0.1, -0.05) is 13.3 Å². The molecule has 0 saturated carbocycles. The lowest BCUT2D eigenvalue weighted by Crippen LogP contribution is -2.34. The zero-order valence-corrected chi connectivity index (χ0v) is 8.32. The SMILES string of the molecule is CCCC(C)N1CC(C=O)CC1=O. The Bertz CT molecular complexity index is 203. The number of likely N-dealkylation sites (tertiary alicyclic amines) is 1. The molecular formula is C10H17NO2. The highest BCUT2D eigenvalue weighted by Gasteiger charge is 2.31. The summed E-state index contributed by atoms with van der Waals surface area (Å²) in [7, 11) is 0. The van der Waals surface area contributed by atoms with Crippen LogP contribution in [0.15, 0.2) is 0 Å². The number of carbonyl (C=O) groups excluding carboxylic acids is 2. The van der Waals surface area contributed by atoms with Crippen LogP contribution in [0.5, 0.6) is 0 Å². The van der Waals surface area contributed by atoms with Crippen LogP contribution in [0.2, 0.25) is 0 Å². The van der Waals surface area contributed by atoms with Crippen LogP contribution in [-0.2, 0) is 9.59 Å². The number of hydrogen-bond acceptors (Lipinski definition) is 2. The molecule has 2 atom stereocenters. The normalized spacial score (nSPS) is 24.9. The fraction of sp³-hybridized carbons (Fsp3) is 0.800. The minimum atomic E-state index is -0.0631. The van der Waals surface area contributed by atoms with Gasteiger partial charge in [0.05, 0.1) is 0 Å². The number of rotatable bonds is 4. The van der Waals surface area contributed by atoms with Crippen molar-refractivity contribution < 1.29 is 9.59 Å². The van der Waals surface area contributed by atoms with E-state index in [1.807, 2.05) is 4.90 Å². The molecule has 0 aromatic heterocycles. The summed E-state index contributed by atoms with van der Waals surface area (Å²) < 4.78 is 0. The lowest BCUT2D eigenvalue weighted by Gasteiger charge is -2.23. The zero-order chi connectivity index (χ0) is 9.84. The highest BCUT2D eigenvalue weighted by atomic mass is 16.2. The van der Waals surface area contributed by atoms with Crippen molar-refractivity contribution in [3.63, 3.8) is 0 Å². The van der Waals surface area contributed by atoms with Crippen LogP contribution in [0.4, 0.5) is 0 Å². The second kappa shape index (κ2) is 4.40. The zero-order valence-electron chi connectivity index (χ0n) is 8.32. The van der Waals surface area contributed by atoms with Crippen LogP contribution in [-0.4, -0.2) is 29.7 Å². The Kier molecular flexibility index (Phi) is 3.46. The Hall–Kier alpha value is -0.860. The molecule has 0 spiro atoms. The first-order valence-corrected chi connectivity index (χ1v) is 4.93. The van der Waals surface area contributed by atoms with Gasteiger partial charge in [0.15, 0.2) is 0 Å². The summed E-state index contributed by atoms with van der Waals surface area (Å²) in [5.74, 6) is 0.0739. The third-order valence-electron chi connectivity index (χ3n) is 2.62. The first-order chi connectivity index (χ1) is 6.19. The minimum Gasteiger partial charge on any atom is -0.339 e. The van der Waals surface area contributed by atoms with Gasteiger partial charge in [0, 0.05) is 24.9 Å². The van der Waals surface area contributed by atoms with E-state index >= 15 is 0 Å². The van der Waals surface area contributed by atoms with Gasteiger partial charge >= 0.3 is 0 Å². The van der Waals surface area contributed by atoms with Gasteiger partial charge in [-0.25, -0.2) is 0 Å². The Labute approximate surface area is 79.1 Å². The van der Waals surface area contributed by atoms with Crippen molar-refractivity contribution in [1.82, 2.24) is 4.90 Å². The summed E-state index contributed by atoms with van der Waals surface area (Å²) >= 11 is 0. The Morgan fingerprint density at radius 2 is 2.38 bits per heavy atom. The van der Waals surface area contributed by atoms with Crippen molar-refractivity contribution in [3.05, 3.63) is 0 Å². The molecule has 0 radical (unpaired) electrons. The highest BCUT2D eigenvalue weighted by Crippen LogP contribution is 2.20. The van der Waals surface area contributed by atoms with E-state index in [1.165, 1.54) is 0 Å². The number of nitrogens with zero attached hydrogens (tertiary/aromatic N) is 1. The molecule has 0 aromatic carbocycles. The van der Waals surface area contributed by atoms with Crippen molar-refractivity contribution in [2.24, 2.45) is 5.92 Å². The summed E-state index contributed by atoms with van der Waals surface area (Å²) in [6.07, 6.45) is 3.42. The van der Waals surface area contributed by atoms with Crippen LogP contribution in [0, 0.1) is 5.92 Å². The molecule has 1 aliphatic rings. The highest BCUT2D eigenvalue weighted by molar-refractivity contribution is 5.82. The molecule has 0 bridgehead atoms. The van der Waals surface area contributed by atoms with Crippen molar-refractivity contribution >= 4 is 12.2 Å². The van der Waals surface area contributed by atoms with Crippen molar-refractivity contribution in [2.75, 3.05) is 6.54 Å². The molecule has 1 fully saturated rings. The molecule has 1 saturated heterocycles. The second-order valence-corrected chi connectivity index (χ2v) is 3.78. The van der Waals surface area contributed by atoms with E-state index in [0.29, 0.717) is 19.0 Å². The number of hydrogen-bond donors (Lipinski definition) is 0. The number of aldehydes is 1. The minimum absolute atomic E-state index is 0.0631. The van der Waals surface area contributed by atoms with Gasteiger partial charge in [-0.3, -0.25) is 4.79 Å². The van der Waals surface area contributed by atoms with E-state index in [4.69, 9.17) is 0 Å². The van der Waals surface area contributed by atoms with Crippen molar-refractivity contribution in [3.8, 4) is 0 Å². The molecule has 3 nitrogen and oxygen atoms in total. The second-order valence-electron chi connectivity index (χ2n) is 3.78. The molecule has 2 unspecified atom stereocenters. The fourth-order valence-electron chi connectivity index (χ4n) is 1.85. The Morgan fingerprint density at radius 1 is 1.69 bits per heavy atom. The van der Waals surface area contributed by atoms with E-state index in [9.17, 15) is 9.59 Å². The van der Waals surface area contributed by atoms with Gasteiger partial charge in [-0.05, 0) is 13.3 Å². The monoisotopic (exact) mass is 183 g/mol. The summed E-state index contributed by atoms with van der Waals surface area (Å²) in [6.45, 7) is 4.78. The molecule has 1 rings (SSSR count). The van der Waals surface area contributed by atoms with Gasteiger partial charge in [0.25, 0.3) is 0 Å². The topological polar surface area (TPSA) is 37.4 Å². The van der Waals surface area contributed by atoms with Gasteiger partial charge in [0.2, 0.25) is 5.91 Å². The Balaban J connectivity index is 2.51. The van der Waals surface area contributed by atoms with E-state index in [2.05, 4.69) is 13.8 Å². The number of amides is 1. The smallest absolute Gasteiger partial charge is 0.223 e. The molecule has 1 heterocycles. The van der Waals surface area contributed by atoms with Gasteiger partial charge < -0.3 is 9.69 Å². The Morgan fingerprint density at radius 3 is 2.85 bits per heavy atom. The van der Waals surface area contributed by atoms with Crippen LogP contribution in [0.25, 0.3) is 0 Å². The van der Waals surface area contributed by atoms with Crippen LogP contribution in [0.1, 0.15) is 33.1 Å². The van der Waals surface area contributed by atoms with Crippen LogP contribution >= 0.6 is 0 Å². The predicted molar refractivity (Wildman–Crippen MR) is 50.3 cm³/mol. The summed E-state index contributed by atoms with van der Waals surface area (Å²) in [5.41, 5.74) is 0. The largest absolute Gasteiger partial charge is 0.339 e. The quantitative estimate of drug-likeness (QED) is 0.614. The molecular weight excluding hydrogens is 166 g/mol. The standard InChI is InChI=1S/C10H17NO2/c1-3-4-8(2)11-6-9(7-12)5-10(11)13/h7-9H,3-6H2,1-2H3. The van der Waals surface area contributed by atoms with Crippen molar-refractivity contribution in [1.29, 1.82) is 0 Å². The lowest BCUT2D eigenvalue weighted by molar-refractivity contribution is -0.129. The van der Waals surface area contributed by atoms with Gasteiger partial charge in [-0.2, -0.15) is 0 Å². The molecule has 1 amide bonds. The molecule has 74 valence electrons. The average molecular weight is 183 g/mol. The van der Waals surface area contributed by atoms with Crippen LogP contribution < -0.4 is 0 Å². The predicted octanol–water partition coefficient (Wildman–Crippen LogP) is 1.22. The third-order valence-corrected chi connectivity index (χ3v) is 2.62. The average Bonchev–Trinajstić information content (AvgIpc) is 2.47. The molecule has 3 heteroatoms. The number of carbonyl (C=O) groups is 2. The molecule has 0 N–H and O–H groups in total. The molecule has 0 aliphatic carbocycles. The first kappa shape index (κ1) is 10.2. The summed E-state index contributed by atoms with van der Waals surface area (Å²) in [5, 5.41) is 0. The van der Waals surface area contributed by atoms with Gasteiger partial charge in [0.1, 0.15) is 6.29 Å². The third kappa shape index (κ3) is 2.29. The van der Waals surface area contributed by atoms with Crippen LogP contribution in [0.3, 0.4) is 0 Å². The molecule has 13 heavy (non-hydrogen) atoms. The van der Waals surface area contributed by atoms with E-state index in [0.717, 1.165) is 19.1 Å². The summed E-state index contributed by atoms with van der Waals surface area (Å²) in [6, 6.07) is 0.294. The molecule has 0 aromatic rings. The maximum Gasteiger partial charge on any atom is 0.223 e.